The molecular weight excluding hydrogens is 240 g/mol. The van der Waals surface area contributed by atoms with Crippen LogP contribution in [0.1, 0.15) is 12.6 Å². The van der Waals surface area contributed by atoms with E-state index >= 15 is 0 Å². The van der Waals surface area contributed by atoms with E-state index in [1.54, 1.807) is 11.6 Å². The topological polar surface area (TPSA) is 61.9 Å². The van der Waals surface area contributed by atoms with E-state index < -0.39 is 0 Å². The van der Waals surface area contributed by atoms with Crippen molar-refractivity contribution in [2.75, 3.05) is 13.1 Å². The van der Waals surface area contributed by atoms with Gasteiger partial charge in [-0.25, -0.2) is 4.98 Å². The van der Waals surface area contributed by atoms with Crippen LogP contribution in [0.15, 0.2) is 29.1 Å². The predicted octanol–water partition coefficient (Wildman–Crippen LogP) is 1.28. The number of nitrogens with zero attached hydrogens (tertiary/aromatic N) is 4. The van der Waals surface area contributed by atoms with Crippen LogP contribution in [0.3, 0.4) is 0 Å². The highest BCUT2D eigenvalue weighted by atomic mass is 16.1. The fourth-order valence-electron chi connectivity index (χ4n) is 2.03. The molecule has 0 aliphatic heterocycles. The molecule has 0 aliphatic rings. The van der Waals surface area contributed by atoms with Gasteiger partial charge in [0.25, 0.3) is 5.56 Å². The van der Waals surface area contributed by atoms with E-state index in [-0.39, 0.29) is 5.56 Å². The molecular formula is C14H16N4O. The molecule has 0 atom stereocenters. The van der Waals surface area contributed by atoms with E-state index in [4.69, 9.17) is 5.26 Å². The average molecular weight is 256 g/mol. The first-order valence-electron chi connectivity index (χ1n) is 6.21. The molecule has 19 heavy (non-hydrogen) atoms. The van der Waals surface area contributed by atoms with E-state index in [9.17, 15) is 4.79 Å². The van der Waals surface area contributed by atoms with Gasteiger partial charge in [-0.05, 0) is 18.7 Å². The number of hydrogen-bond acceptors (Lipinski definition) is 4. The molecule has 0 fully saturated rings. The number of rotatable bonds is 4. The van der Waals surface area contributed by atoms with Crippen molar-refractivity contribution in [1.29, 1.82) is 5.26 Å². The standard InChI is InChI=1S/C14H16N4O/c1-3-18(9-8-15)10-12-14(19)17(2)13-7-5-4-6-11(13)16-12/h4-7H,3,9-10H2,1-2H3. The van der Waals surface area contributed by atoms with E-state index in [2.05, 4.69) is 11.1 Å². The normalized spacial score (nSPS) is 10.8. The summed E-state index contributed by atoms with van der Waals surface area (Å²) in [4.78, 5) is 18.5. The molecule has 2 aromatic rings. The van der Waals surface area contributed by atoms with Crippen LogP contribution in [0.4, 0.5) is 0 Å². The second kappa shape index (κ2) is 5.63. The largest absolute Gasteiger partial charge is 0.308 e. The Balaban J connectivity index is 2.47. The van der Waals surface area contributed by atoms with Crippen molar-refractivity contribution in [3.05, 3.63) is 40.3 Å². The molecule has 0 saturated carbocycles. The molecule has 1 aromatic heterocycles. The highest BCUT2D eigenvalue weighted by Gasteiger charge is 2.11. The number of hydrogen-bond donors (Lipinski definition) is 0. The zero-order valence-electron chi connectivity index (χ0n) is 11.1. The summed E-state index contributed by atoms with van der Waals surface area (Å²) >= 11 is 0. The summed E-state index contributed by atoms with van der Waals surface area (Å²) in [6.45, 7) is 3.38. The van der Waals surface area contributed by atoms with Gasteiger partial charge >= 0.3 is 0 Å². The van der Waals surface area contributed by atoms with Crippen LogP contribution in [0.2, 0.25) is 0 Å². The van der Waals surface area contributed by atoms with Gasteiger partial charge in [0.05, 0.1) is 23.6 Å². The Morgan fingerprint density at radius 1 is 1.42 bits per heavy atom. The SMILES string of the molecule is CCN(CC#N)Cc1nc2ccccc2n(C)c1=O. The molecule has 1 aromatic carbocycles. The lowest BCUT2D eigenvalue weighted by molar-refractivity contribution is 0.309. The number of aromatic nitrogens is 2. The Hall–Kier alpha value is -2.19. The van der Waals surface area contributed by atoms with Gasteiger partial charge in [0, 0.05) is 13.6 Å². The predicted molar refractivity (Wildman–Crippen MR) is 73.5 cm³/mol. The molecule has 0 N–H and O–H groups in total. The van der Waals surface area contributed by atoms with Gasteiger partial charge in [-0.1, -0.05) is 19.1 Å². The lowest BCUT2D eigenvalue weighted by Gasteiger charge is -2.16. The van der Waals surface area contributed by atoms with Gasteiger partial charge in [0.1, 0.15) is 5.69 Å². The molecule has 0 unspecified atom stereocenters. The quantitative estimate of drug-likeness (QED) is 0.773. The summed E-state index contributed by atoms with van der Waals surface area (Å²) < 4.78 is 1.61. The first-order valence-corrected chi connectivity index (χ1v) is 6.21. The van der Waals surface area contributed by atoms with E-state index in [0.29, 0.717) is 25.3 Å². The first-order chi connectivity index (χ1) is 9.17. The van der Waals surface area contributed by atoms with Gasteiger partial charge in [-0.2, -0.15) is 5.26 Å². The van der Waals surface area contributed by atoms with Gasteiger partial charge in [-0.3, -0.25) is 9.69 Å². The van der Waals surface area contributed by atoms with Gasteiger partial charge < -0.3 is 4.57 Å². The third-order valence-corrected chi connectivity index (χ3v) is 3.16. The van der Waals surface area contributed by atoms with Crippen LogP contribution in [0.25, 0.3) is 11.0 Å². The van der Waals surface area contributed by atoms with E-state index in [0.717, 1.165) is 11.0 Å². The van der Waals surface area contributed by atoms with Crippen molar-refractivity contribution < 1.29 is 0 Å². The number of benzene rings is 1. The van der Waals surface area contributed by atoms with Crippen molar-refractivity contribution in [3.8, 4) is 6.07 Å². The molecule has 1 heterocycles. The van der Waals surface area contributed by atoms with E-state index in [1.807, 2.05) is 36.1 Å². The molecule has 0 bridgehead atoms. The highest BCUT2D eigenvalue weighted by Crippen LogP contribution is 2.09. The maximum Gasteiger partial charge on any atom is 0.273 e. The fourth-order valence-corrected chi connectivity index (χ4v) is 2.03. The molecule has 2 rings (SSSR count). The summed E-state index contributed by atoms with van der Waals surface area (Å²) in [5, 5.41) is 8.75. The third kappa shape index (κ3) is 2.64. The average Bonchev–Trinajstić information content (AvgIpc) is 2.43. The molecule has 0 radical (unpaired) electrons. The Labute approximate surface area is 111 Å². The summed E-state index contributed by atoms with van der Waals surface area (Å²) in [6, 6.07) is 9.65. The molecule has 0 aliphatic carbocycles. The highest BCUT2D eigenvalue weighted by molar-refractivity contribution is 5.74. The van der Waals surface area contributed by atoms with Gasteiger partial charge in [0.15, 0.2) is 0 Å². The summed E-state index contributed by atoms with van der Waals surface area (Å²) in [7, 11) is 1.75. The van der Waals surface area contributed by atoms with Crippen LogP contribution < -0.4 is 5.56 Å². The molecule has 5 heteroatoms. The first kappa shape index (κ1) is 13.2. The molecule has 5 nitrogen and oxygen atoms in total. The zero-order chi connectivity index (χ0) is 13.8. The lowest BCUT2D eigenvalue weighted by atomic mass is 10.2. The van der Waals surface area contributed by atoms with Crippen LogP contribution in [-0.2, 0) is 13.6 Å². The summed E-state index contributed by atoms with van der Waals surface area (Å²) in [5.74, 6) is 0. The minimum Gasteiger partial charge on any atom is -0.308 e. The molecule has 0 amide bonds. The maximum atomic E-state index is 12.2. The number of aryl methyl sites for hydroxylation is 1. The third-order valence-electron chi connectivity index (χ3n) is 3.16. The van der Waals surface area contributed by atoms with Gasteiger partial charge in [0.2, 0.25) is 0 Å². The van der Waals surface area contributed by atoms with Crippen LogP contribution >= 0.6 is 0 Å². The van der Waals surface area contributed by atoms with Crippen molar-refractivity contribution in [2.45, 2.75) is 13.5 Å². The number of para-hydroxylation sites is 2. The van der Waals surface area contributed by atoms with Crippen molar-refractivity contribution in [1.82, 2.24) is 14.5 Å². The zero-order valence-corrected chi connectivity index (χ0v) is 11.1. The maximum absolute atomic E-state index is 12.2. The lowest BCUT2D eigenvalue weighted by Crippen LogP contribution is -2.31. The second-order valence-electron chi connectivity index (χ2n) is 4.37. The second-order valence-corrected chi connectivity index (χ2v) is 4.37. The summed E-state index contributed by atoms with van der Waals surface area (Å²) in [5.41, 5.74) is 2.00. The summed E-state index contributed by atoms with van der Waals surface area (Å²) in [6.07, 6.45) is 0. The Morgan fingerprint density at radius 3 is 2.84 bits per heavy atom. The molecule has 0 saturated heterocycles. The Kier molecular flexibility index (Phi) is 3.93. The Morgan fingerprint density at radius 2 is 2.16 bits per heavy atom. The minimum absolute atomic E-state index is 0.102. The minimum atomic E-state index is -0.102. The van der Waals surface area contributed by atoms with Crippen molar-refractivity contribution in [3.63, 3.8) is 0 Å². The Bertz CT molecular complexity index is 684. The number of fused-ring (bicyclic) bond motifs is 1. The van der Waals surface area contributed by atoms with Crippen LogP contribution in [0, 0.1) is 11.3 Å². The smallest absolute Gasteiger partial charge is 0.273 e. The van der Waals surface area contributed by atoms with Crippen LogP contribution in [-0.4, -0.2) is 27.5 Å². The van der Waals surface area contributed by atoms with Crippen molar-refractivity contribution >= 4 is 11.0 Å². The monoisotopic (exact) mass is 256 g/mol. The van der Waals surface area contributed by atoms with Gasteiger partial charge in [-0.15, -0.1) is 0 Å². The molecule has 0 spiro atoms. The van der Waals surface area contributed by atoms with E-state index in [1.165, 1.54) is 0 Å². The molecule has 98 valence electrons. The number of nitriles is 1. The van der Waals surface area contributed by atoms with Crippen molar-refractivity contribution in [2.24, 2.45) is 7.05 Å². The fraction of sp³-hybridized carbons (Fsp3) is 0.357. The van der Waals surface area contributed by atoms with Crippen LogP contribution in [0.5, 0.6) is 0 Å².